The highest BCUT2D eigenvalue weighted by atomic mass is 19.4. The number of fused-ring (bicyclic) bond motifs is 1. The molecule has 94 valence electrons. The first-order valence-corrected chi connectivity index (χ1v) is 5.60. The van der Waals surface area contributed by atoms with Crippen molar-refractivity contribution in [2.75, 3.05) is 0 Å². The number of aryl methyl sites for hydroxylation is 1. The van der Waals surface area contributed by atoms with Crippen molar-refractivity contribution in [3.8, 4) is 11.8 Å². The van der Waals surface area contributed by atoms with Gasteiger partial charge in [0, 0.05) is 18.0 Å². The summed E-state index contributed by atoms with van der Waals surface area (Å²) in [6.45, 7) is 1.75. The van der Waals surface area contributed by atoms with Crippen LogP contribution in [0.3, 0.4) is 0 Å². The van der Waals surface area contributed by atoms with Crippen LogP contribution in [-0.2, 0) is 12.6 Å². The molecule has 0 spiro atoms. The Kier molecular flexibility index (Phi) is 3.33. The van der Waals surface area contributed by atoms with E-state index in [-0.39, 0.29) is 5.52 Å². The molecule has 0 amide bonds. The zero-order valence-corrected chi connectivity index (χ0v) is 9.86. The second kappa shape index (κ2) is 4.77. The molecule has 0 saturated heterocycles. The van der Waals surface area contributed by atoms with E-state index in [4.69, 9.17) is 0 Å². The van der Waals surface area contributed by atoms with Crippen LogP contribution in [0.15, 0.2) is 24.4 Å². The van der Waals surface area contributed by atoms with Gasteiger partial charge in [-0.3, -0.25) is 0 Å². The molecule has 0 atom stereocenters. The van der Waals surface area contributed by atoms with Gasteiger partial charge in [-0.15, -0.1) is 11.8 Å². The van der Waals surface area contributed by atoms with Gasteiger partial charge >= 0.3 is 6.18 Å². The van der Waals surface area contributed by atoms with E-state index >= 15 is 0 Å². The van der Waals surface area contributed by atoms with Gasteiger partial charge in [-0.1, -0.05) is 12.1 Å². The second-order valence-corrected chi connectivity index (χ2v) is 3.97. The zero-order chi connectivity index (χ0) is 13.2. The first-order chi connectivity index (χ1) is 8.54. The van der Waals surface area contributed by atoms with Gasteiger partial charge in [-0.05, 0) is 25.0 Å². The minimum Gasteiger partial charge on any atom is -0.360 e. The fourth-order valence-electron chi connectivity index (χ4n) is 1.98. The number of benzene rings is 1. The molecule has 0 aliphatic rings. The van der Waals surface area contributed by atoms with Gasteiger partial charge in [-0.25, -0.2) is 0 Å². The Morgan fingerprint density at radius 2 is 2.06 bits per heavy atom. The number of para-hydroxylation sites is 1. The lowest BCUT2D eigenvalue weighted by Gasteiger charge is -2.07. The summed E-state index contributed by atoms with van der Waals surface area (Å²) < 4.78 is 38.4. The van der Waals surface area contributed by atoms with Crippen molar-refractivity contribution in [3.05, 3.63) is 35.5 Å². The largest absolute Gasteiger partial charge is 0.418 e. The third kappa shape index (κ3) is 2.35. The normalized spacial score (nSPS) is 11.3. The van der Waals surface area contributed by atoms with E-state index in [1.54, 1.807) is 19.2 Å². The van der Waals surface area contributed by atoms with E-state index in [2.05, 4.69) is 16.8 Å². The second-order valence-electron chi connectivity index (χ2n) is 3.97. The number of hydrogen-bond acceptors (Lipinski definition) is 0. The Hall–Kier alpha value is -1.89. The van der Waals surface area contributed by atoms with E-state index in [0.29, 0.717) is 18.2 Å². The number of hydrogen-bond donors (Lipinski definition) is 1. The van der Waals surface area contributed by atoms with Gasteiger partial charge in [0.05, 0.1) is 11.1 Å². The predicted octanol–water partition coefficient (Wildman–Crippen LogP) is 4.14. The van der Waals surface area contributed by atoms with E-state index in [1.807, 2.05) is 0 Å². The maximum Gasteiger partial charge on any atom is 0.418 e. The minimum absolute atomic E-state index is 0.157. The lowest BCUT2D eigenvalue weighted by Crippen LogP contribution is -2.05. The monoisotopic (exact) mass is 251 g/mol. The van der Waals surface area contributed by atoms with E-state index in [1.165, 1.54) is 6.07 Å². The fraction of sp³-hybridized carbons (Fsp3) is 0.286. The molecule has 1 nitrogen and oxygen atoms in total. The number of H-pyrrole nitrogens is 1. The standard InChI is InChI=1S/C14H12F3N/c1-2-3-4-6-10-9-18-13-11(10)7-5-8-12(13)14(15,16)17/h5,7-9,18H,4,6H2,1H3. The maximum atomic E-state index is 12.8. The average Bonchev–Trinajstić information content (AvgIpc) is 2.71. The van der Waals surface area contributed by atoms with Crippen molar-refractivity contribution in [1.82, 2.24) is 4.98 Å². The molecular weight excluding hydrogens is 239 g/mol. The highest BCUT2D eigenvalue weighted by molar-refractivity contribution is 5.86. The van der Waals surface area contributed by atoms with Gasteiger partial charge in [0.1, 0.15) is 0 Å². The minimum atomic E-state index is -4.33. The maximum absolute atomic E-state index is 12.8. The van der Waals surface area contributed by atoms with Crippen LogP contribution in [-0.4, -0.2) is 4.98 Å². The summed E-state index contributed by atoms with van der Waals surface area (Å²) in [4.78, 5) is 2.72. The van der Waals surface area contributed by atoms with Gasteiger partial charge < -0.3 is 4.98 Å². The number of rotatable bonds is 2. The fourth-order valence-corrected chi connectivity index (χ4v) is 1.98. The van der Waals surface area contributed by atoms with Crippen LogP contribution < -0.4 is 0 Å². The summed E-state index contributed by atoms with van der Waals surface area (Å²) in [7, 11) is 0. The number of alkyl halides is 3. The molecule has 4 heteroatoms. The predicted molar refractivity (Wildman–Crippen MR) is 65.1 cm³/mol. The summed E-state index contributed by atoms with van der Waals surface area (Å²) in [5, 5.41) is 0.628. The number of aromatic amines is 1. The highest BCUT2D eigenvalue weighted by Crippen LogP contribution is 2.35. The SMILES string of the molecule is CC#CCCc1c[nH]c2c(C(F)(F)F)cccc12. The number of aromatic nitrogens is 1. The van der Waals surface area contributed by atoms with Crippen molar-refractivity contribution in [2.45, 2.75) is 25.9 Å². The van der Waals surface area contributed by atoms with E-state index < -0.39 is 11.7 Å². The van der Waals surface area contributed by atoms with Crippen molar-refractivity contribution >= 4 is 10.9 Å². The number of halogens is 3. The van der Waals surface area contributed by atoms with Crippen molar-refractivity contribution in [2.24, 2.45) is 0 Å². The van der Waals surface area contributed by atoms with Crippen molar-refractivity contribution < 1.29 is 13.2 Å². The van der Waals surface area contributed by atoms with Crippen LogP contribution in [0.25, 0.3) is 10.9 Å². The summed E-state index contributed by atoms with van der Waals surface area (Å²) in [6, 6.07) is 4.23. The van der Waals surface area contributed by atoms with Crippen molar-refractivity contribution in [3.63, 3.8) is 0 Å². The molecule has 1 N–H and O–H groups in total. The van der Waals surface area contributed by atoms with Crippen LogP contribution in [0.2, 0.25) is 0 Å². The summed E-state index contributed by atoms with van der Waals surface area (Å²) in [6.07, 6.45) is -1.38. The molecule has 0 fully saturated rings. The first kappa shape index (κ1) is 12.6. The molecule has 0 radical (unpaired) electrons. The zero-order valence-electron chi connectivity index (χ0n) is 9.86. The van der Waals surface area contributed by atoms with Gasteiger partial charge in [0.15, 0.2) is 0 Å². The molecule has 0 bridgehead atoms. The van der Waals surface area contributed by atoms with Crippen molar-refractivity contribution in [1.29, 1.82) is 0 Å². The van der Waals surface area contributed by atoms with Gasteiger partial charge in [0.25, 0.3) is 0 Å². The average molecular weight is 251 g/mol. The molecule has 1 aromatic carbocycles. The topological polar surface area (TPSA) is 15.8 Å². The van der Waals surface area contributed by atoms with Crippen LogP contribution in [0, 0.1) is 11.8 Å². The van der Waals surface area contributed by atoms with Gasteiger partial charge in [-0.2, -0.15) is 13.2 Å². The third-order valence-corrected chi connectivity index (χ3v) is 2.80. The lowest BCUT2D eigenvalue weighted by atomic mass is 10.1. The molecular formula is C14H12F3N. The quantitative estimate of drug-likeness (QED) is 0.772. The summed E-state index contributed by atoms with van der Waals surface area (Å²) in [5.74, 6) is 5.68. The highest BCUT2D eigenvalue weighted by Gasteiger charge is 2.33. The Bertz CT molecular complexity index is 611. The molecule has 1 aromatic heterocycles. The molecule has 0 aliphatic heterocycles. The molecule has 2 aromatic rings. The summed E-state index contributed by atoms with van der Waals surface area (Å²) in [5.41, 5.74) is 0.413. The van der Waals surface area contributed by atoms with E-state index in [0.717, 1.165) is 11.6 Å². The molecule has 18 heavy (non-hydrogen) atoms. The molecule has 0 unspecified atom stereocenters. The third-order valence-electron chi connectivity index (χ3n) is 2.80. The van der Waals surface area contributed by atoms with Gasteiger partial charge in [0.2, 0.25) is 0 Å². The smallest absolute Gasteiger partial charge is 0.360 e. The summed E-state index contributed by atoms with van der Waals surface area (Å²) >= 11 is 0. The van der Waals surface area contributed by atoms with Crippen LogP contribution >= 0.6 is 0 Å². The number of nitrogens with one attached hydrogen (secondary N) is 1. The Labute approximate surface area is 103 Å². The van der Waals surface area contributed by atoms with E-state index in [9.17, 15) is 13.2 Å². The van der Waals surface area contributed by atoms with Crippen LogP contribution in [0.4, 0.5) is 13.2 Å². The molecule has 2 rings (SSSR count). The van der Waals surface area contributed by atoms with Crippen LogP contribution in [0.1, 0.15) is 24.5 Å². The first-order valence-electron chi connectivity index (χ1n) is 5.60. The Balaban J connectivity index is 2.44. The molecule has 0 aliphatic carbocycles. The molecule has 1 heterocycles. The van der Waals surface area contributed by atoms with Crippen LogP contribution in [0.5, 0.6) is 0 Å². The molecule has 0 saturated carbocycles. The lowest BCUT2D eigenvalue weighted by molar-refractivity contribution is -0.136. The Morgan fingerprint density at radius 1 is 1.28 bits per heavy atom. The Morgan fingerprint density at radius 3 is 2.72 bits per heavy atom.